The van der Waals surface area contributed by atoms with Crippen LogP contribution in [0.5, 0.6) is 5.75 Å². The normalized spacial score (nSPS) is 18.5. The molecule has 0 amide bonds. The van der Waals surface area contributed by atoms with Crippen LogP contribution < -0.4 is 0 Å². The fourth-order valence-electron chi connectivity index (χ4n) is 1.89. The first-order valence-corrected chi connectivity index (χ1v) is 4.98. The van der Waals surface area contributed by atoms with E-state index in [1.54, 1.807) is 6.07 Å². The van der Waals surface area contributed by atoms with Crippen LogP contribution in [-0.2, 0) is 0 Å². The van der Waals surface area contributed by atoms with Gasteiger partial charge in [0.05, 0.1) is 0 Å². The molecule has 1 aliphatic rings. The van der Waals surface area contributed by atoms with Gasteiger partial charge in [0, 0.05) is 6.04 Å². The van der Waals surface area contributed by atoms with Crippen molar-refractivity contribution in [2.45, 2.75) is 18.8 Å². The number of nitrogens with zero attached hydrogens (tertiary/aromatic N) is 1. The van der Waals surface area contributed by atoms with Gasteiger partial charge >= 0.3 is 0 Å². The number of phenols is 1. The molecule has 0 atom stereocenters. The molecule has 1 radical (unpaired) electrons. The first kappa shape index (κ1) is 9.53. The van der Waals surface area contributed by atoms with E-state index in [-0.39, 0.29) is 0 Å². The largest absolute Gasteiger partial charge is 0.508 e. The molecular formula is C12H16NO. The van der Waals surface area contributed by atoms with Crippen LogP contribution in [0.25, 0.3) is 0 Å². The van der Waals surface area contributed by atoms with Gasteiger partial charge in [0.2, 0.25) is 0 Å². The Morgan fingerprint density at radius 2 is 2.00 bits per heavy atom. The highest BCUT2D eigenvalue weighted by Crippen LogP contribution is 2.44. The average Bonchev–Trinajstić information content (AvgIpc) is 2.00. The minimum absolute atomic E-state index is 0.376. The van der Waals surface area contributed by atoms with Crippen LogP contribution in [0.15, 0.2) is 24.3 Å². The van der Waals surface area contributed by atoms with E-state index < -0.39 is 0 Å². The molecule has 1 fully saturated rings. The van der Waals surface area contributed by atoms with Crippen LogP contribution in [0.1, 0.15) is 24.3 Å². The van der Waals surface area contributed by atoms with Gasteiger partial charge in [-0.15, -0.1) is 0 Å². The fraction of sp³-hybridized carbons (Fsp3) is 0.417. The molecule has 0 aromatic heterocycles. The summed E-state index contributed by atoms with van der Waals surface area (Å²) in [5.74, 6) is 0.986. The van der Waals surface area contributed by atoms with Gasteiger partial charge in [-0.05, 0) is 50.6 Å². The summed E-state index contributed by atoms with van der Waals surface area (Å²) < 4.78 is 0. The number of hydrogen-bond donors (Lipinski definition) is 1. The van der Waals surface area contributed by atoms with Crippen LogP contribution >= 0.6 is 0 Å². The molecule has 0 heterocycles. The Labute approximate surface area is 85.2 Å². The summed E-state index contributed by atoms with van der Waals surface area (Å²) in [6.45, 7) is 0. The molecule has 1 aromatic rings. The maximum absolute atomic E-state index is 9.34. The SMILES string of the molecule is CN(C)[C]1CC(c2cccc(O)c2)C1. The van der Waals surface area contributed by atoms with Crippen molar-refractivity contribution in [3.63, 3.8) is 0 Å². The van der Waals surface area contributed by atoms with Crippen LogP contribution in [0.2, 0.25) is 0 Å². The quantitative estimate of drug-likeness (QED) is 0.774. The standard InChI is InChI=1S/C12H16NO/c1-13(2)11-6-10(7-11)9-4-3-5-12(14)8-9/h3-5,8,10,14H,6-7H2,1-2H3. The Kier molecular flexibility index (Phi) is 2.46. The van der Waals surface area contributed by atoms with Crippen molar-refractivity contribution in [2.75, 3.05) is 14.1 Å². The maximum atomic E-state index is 9.34. The summed E-state index contributed by atoms with van der Waals surface area (Å²) >= 11 is 0. The van der Waals surface area contributed by atoms with E-state index in [1.807, 2.05) is 12.1 Å². The number of hydrogen-bond acceptors (Lipinski definition) is 2. The minimum atomic E-state index is 0.376. The predicted octanol–water partition coefficient (Wildman–Crippen LogP) is 2.36. The van der Waals surface area contributed by atoms with Gasteiger partial charge in [-0.1, -0.05) is 12.1 Å². The minimum Gasteiger partial charge on any atom is -0.508 e. The summed E-state index contributed by atoms with van der Waals surface area (Å²) in [4.78, 5) is 2.19. The Morgan fingerprint density at radius 1 is 1.29 bits per heavy atom. The van der Waals surface area contributed by atoms with Crippen molar-refractivity contribution >= 4 is 0 Å². The lowest BCUT2D eigenvalue weighted by Gasteiger charge is -2.39. The third-order valence-corrected chi connectivity index (χ3v) is 2.94. The Balaban J connectivity index is 2.00. The van der Waals surface area contributed by atoms with Gasteiger partial charge in [0.1, 0.15) is 5.75 Å². The molecule has 75 valence electrons. The Morgan fingerprint density at radius 3 is 2.57 bits per heavy atom. The zero-order valence-electron chi connectivity index (χ0n) is 8.70. The van der Waals surface area contributed by atoms with Gasteiger partial charge in [-0.3, -0.25) is 0 Å². The number of benzene rings is 1. The third kappa shape index (κ3) is 1.75. The zero-order valence-corrected chi connectivity index (χ0v) is 8.70. The lowest BCUT2D eigenvalue weighted by atomic mass is 9.75. The van der Waals surface area contributed by atoms with E-state index in [1.165, 1.54) is 11.6 Å². The molecule has 1 aliphatic carbocycles. The molecule has 1 aromatic carbocycles. The summed E-state index contributed by atoms with van der Waals surface area (Å²) in [7, 11) is 4.18. The number of phenolic OH excluding ortho intramolecular Hbond substituents is 1. The summed E-state index contributed by atoms with van der Waals surface area (Å²) in [6, 6.07) is 9.10. The topological polar surface area (TPSA) is 23.5 Å². The monoisotopic (exact) mass is 190 g/mol. The molecule has 0 aliphatic heterocycles. The third-order valence-electron chi connectivity index (χ3n) is 2.94. The highest BCUT2D eigenvalue weighted by atomic mass is 16.3. The van der Waals surface area contributed by atoms with E-state index in [4.69, 9.17) is 0 Å². The first-order valence-electron chi connectivity index (χ1n) is 4.98. The van der Waals surface area contributed by atoms with E-state index in [0.29, 0.717) is 11.7 Å². The van der Waals surface area contributed by atoms with Gasteiger partial charge in [-0.25, -0.2) is 0 Å². The van der Waals surface area contributed by atoms with Crippen molar-refractivity contribution in [1.29, 1.82) is 0 Å². The van der Waals surface area contributed by atoms with Gasteiger partial charge in [0.15, 0.2) is 0 Å². The smallest absolute Gasteiger partial charge is 0.115 e. The Bertz CT molecular complexity index is 316. The Hall–Kier alpha value is -1.02. The van der Waals surface area contributed by atoms with Crippen molar-refractivity contribution < 1.29 is 5.11 Å². The molecule has 14 heavy (non-hydrogen) atoms. The summed E-state index contributed by atoms with van der Waals surface area (Å²) in [5.41, 5.74) is 1.26. The van der Waals surface area contributed by atoms with E-state index in [2.05, 4.69) is 25.1 Å². The molecule has 2 nitrogen and oxygen atoms in total. The zero-order chi connectivity index (χ0) is 10.1. The summed E-state index contributed by atoms with van der Waals surface area (Å²) in [6.07, 6.45) is 2.27. The van der Waals surface area contributed by atoms with Crippen molar-refractivity contribution in [3.8, 4) is 5.75 Å². The molecule has 0 saturated heterocycles. The fourth-order valence-corrected chi connectivity index (χ4v) is 1.89. The van der Waals surface area contributed by atoms with Gasteiger partial charge in [0.25, 0.3) is 0 Å². The van der Waals surface area contributed by atoms with Crippen LogP contribution in [0.4, 0.5) is 0 Å². The molecule has 2 heteroatoms. The highest BCUT2D eigenvalue weighted by molar-refractivity contribution is 5.33. The molecule has 1 saturated carbocycles. The molecule has 1 N–H and O–H groups in total. The van der Waals surface area contributed by atoms with E-state index in [0.717, 1.165) is 12.8 Å². The number of aromatic hydroxyl groups is 1. The lowest BCUT2D eigenvalue weighted by Crippen LogP contribution is -2.31. The predicted molar refractivity (Wildman–Crippen MR) is 57.0 cm³/mol. The number of rotatable bonds is 2. The van der Waals surface area contributed by atoms with E-state index in [9.17, 15) is 5.11 Å². The van der Waals surface area contributed by atoms with Crippen LogP contribution in [0.3, 0.4) is 0 Å². The van der Waals surface area contributed by atoms with Crippen molar-refractivity contribution in [2.24, 2.45) is 0 Å². The second-order valence-electron chi connectivity index (χ2n) is 4.16. The first-order chi connectivity index (χ1) is 6.66. The lowest BCUT2D eigenvalue weighted by molar-refractivity contribution is 0.272. The van der Waals surface area contributed by atoms with Crippen molar-refractivity contribution in [1.82, 2.24) is 4.90 Å². The van der Waals surface area contributed by atoms with Crippen LogP contribution in [0, 0.1) is 6.04 Å². The molecular weight excluding hydrogens is 174 g/mol. The molecule has 2 rings (SSSR count). The molecule has 0 bridgehead atoms. The highest BCUT2D eigenvalue weighted by Gasteiger charge is 2.32. The summed E-state index contributed by atoms with van der Waals surface area (Å²) in [5, 5.41) is 9.34. The average molecular weight is 190 g/mol. The van der Waals surface area contributed by atoms with Crippen molar-refractivity contribution in [3.05, 3.63) is 35.9 Å². The second-order valence-corrected chi connectivity index (χ2v) is 4.16. The maximum Gasteiger partial charge on any atom is 0.115 e. The van der Waals surface area contributed by atoms with Crippen LogP contribution in [-0.4, -0.2) is 24.1 Å². The second kappa shape index (κ2) is 3.62. The van der Waals surface area contributed by atoms with E-state index >= 15 is 0 Å². The molecule has 0 spiro atoms. The molecule has 0 unspecified atom stereocenters. The van der Waals surface area contributed by atoms with Gasteiger partial charge < -0.3 is 10.0 Å². The van der Waals surface area contributed by atoms with Gasteiger partial charge in [-0.2, -0.15) is 0 Å².